The average molecular weight is 559 g/mol. The number of benzene rings is 2. The minimum absolute atomic E-state index is 0. The Labute approximate surface area is 201 Å². The summed E-state index contributed by atoms with van der Waals surface area (Å²) in [6.45, 7) is 6.82. The molecule has 2 aromatic rings. The van der Waals surface area contributed by atoms with Crippen molar-refractivity contribution in [3.8, 4) is 11.5 Å². The van der Waals surface area contributed by atoms with Gasteiger partial charge in [-0.2, -0.15) is 0 Å². The molecule has 2 N–H and O–H groups in total. The molecule has 31 heavy (non-hydrogen) atoms. The Balaban J connectivity index is 0.00000341. The molecule has 0 atom stereocenters. The molecule has 0 spiro atoms. The molecule has 0 amide bonds. The zero-order valence-electron chi connectivity index (χ0n) is 18.1. The number of guanidine groups is 1. The number of sulfone groups is 1. The minimum atomic E-state index is -3.22. The molecule has 0 aromatic heterocycles. The van der Waals surface area contributed by atoms with Gasteiger partial charge in [0.2, 0.25) is 0 Å². The lowest BCUT2D eigenvalue weighted by Crippen LogP contribution is -2.36. The summed E-state index contributed by atoms with van der Waals surface area (Å²) in [7, 11) is -3.22. The Morgan fingerprint density at radius 1 is 1.13 bits per heavy atom. The van der Waals surface area contributed by atoms with Crippen molar-refractivity contribution in [2.75, 3.05) is 26.0 Å². The standard InChI is InChI=1S/C22H29N3O4S.HI/c1-4-23-22(24-14-17-9-10-20(16(2)13-17)30(3,26)27)25-15-18-7-5-8-19-21(18)29-12-6-11-28-19;/h5,7-10,13H,4,6,11-12,14-15H2,1-3H3,(H2,23,24,25);1H. The molecule has 1 aliphatic heterocycles. The topological polar surface area (TPSA) is 89.0 Å². The van der Waals surface area contributed by atoms with E-state index in [0.29, 0.717) is 37.2 Å². The lowest BCUT2D eigenvalue weighted by Gasteiger charge is -2.15. The van der Waals surface area contributed by atoms with Gasteiger partial charge in [0.1, 0.15) is 0 Å². The van der Waals surface area contributed by atoms with Crippen molar-refractivity contribution < 1.29 is 17.9 Å². The predicted octanol–water partition coefficient (Wildman–Crippen LogP) is 3.43. The molecule has 0 fully saturated rings. The zero-order valence-corrected chi connectivity index (χ0v) is 21.3. The van der Waals surface area contributed by atoms with E-state index >= 15 is 0 Å². The van der Waals surface area contributed by atoms with Crippen molar-refractivity contribution in [3.05, 3.63) is 53.1 Å². The monoisotopic (exact) mass is 559 g/mol. The number of rotatable bonds is 6. The van der Waals surface area contributed by atoms with E-state index in [4.69, 9.17) is 9.47 Å². The van der Waals surface area contributed by atoms with Crippen molar-refractivity contribution in [2.45, 2.75) is 38.3 Å². The van der Waals surface area contributed by atoms with Crippen LogP contribution < -0.4 is 20.1 Å². The Morgan fingerprint density at radius 3 is 2.61 bits per heavy atom. The third-order valence-corrected chi connectivity index (χ3v) is 5.96. The summed E-state index contributed by atoms with van der Waals surface area (Å²) in [5.41, 5.74) is 2.68. The Morgan fingerprint density at radius 2 is 1.90 bits per heavy atom. The molecule has 170 valence electrons. The molecule has 7 nitrogen and oxygen atoms in total. The average Bonchev–Trinajstić information content (AvgIpc) is 2.95. The molecule has 9 heteroatoms. The fourth-order valence-corrected chi connectivity index (χ4v) is 4.27. The molecule has 0 unspecified atom stereocenters. The lowest BCUT2D eigenvalue weighted by molar-refractivity contribution is 0.296. The van der Waals surface area contributed by atoms with E-state index in [2.05, 4.69) is 15.6 Å². The van der Waals surface area contributed by atoms with Gasteiger partial charge in [-0.15, -0.1) is 24.0 Å². The van der Waals surface area contributed by atoms with Gasteiger partial charge in [0, 0.05) is 31.3 Å². The van der Waals surface area contributed by atoms with E-state index in [9.17, 15) is 8.42 Å². The molecule has 0 aliphatic carbocycles. The summed E-state index contributed by atoms with van der Waals surface area (Å²) >= 11 is 0. The van der Waals surface area contributed by atoms with Crippen molar-refractivity contribution in [1.82, 2.24) is 10.6 Å². The third-order valence-electron chi connectivity index (χ3n) is 4.70. The number of para-hydroxylation sites is 1. The highest BCUT2D eigenvalue weighted by Gasteiger charge is 2.15. The van der Waals surface area contributed by atoms with Crippen molar-refractivity contribution >= 4 is 39.8 Å². The van der Waals surface area contributed by atoms with Crippen molar-refractivity contribution in [2.24, 2.45) is 4.99 Å². The second kappa shape index (κ2) is 11.6. The van der Waals surface area contributed by atoms with Crippen molar-refractivity contribution in [3.63, 3.8) is 0 Å². The molecule has 0 radical (unpaired) electrons. The summed E-state index contributed by atoms with van der Waals surface area (Å²) in [5.74, 6) is 2.23. The van der Waals surface area contributed by atoms with E-state index in [1.165, 1.54) is 6.26 Å². The molecule has 1 aliphatic rings. The van der Waals surface area contributed by atoms with Crippen LogP contribution in [0.1, 0.15) is 30.0 Å². The number of aliphatic imine (C=N–C) groups is 1. The number of hydrogen-bond donors (Lipinski definition) is 2. The number of hydrogen-bond acceptors (Lipinski definition) is 5. The lowest BCUT2D eigenvalue weighted by atomic mass is 10.1. The van der Waals surface area contributed by atoms with Crippen LogP contribution in [0.25, 0.3) is 0 Å². The first kappa shape index (κ1) is 25.3. The maximum absolute atomic E-state index is 11.8. The van der Waals surface area contributed by atoms with Gasteiger partial charge < -0.3 is 20.1 Å². The molecule has 1 heterocycles. The van der Waals surface area contributed by atoms with Crippen LogP contribution in [-0.4, -0.2) is 40.4 Å². The first-order valence-corrected chi connectivity index (χ1v) is 12.0. The Kier molecular flexibility index (Phi) is 9.42. The first-order chi connectivity index (χ1) is 14.4. The van der Waals surface area contributed by atoms with Gasteiger partial charge in [-0.1, -0.05) is 24.3 Å². The van der Waals surface area contributed by atoms with E-state index in [0.717, 1.165) is 41.2 Å². The maximum Gasteiger partial charge on any atom is 0.191 e. The van der Waals surface area contributed by atoms with Gasteiger partial charge >= 0.3 is 0 Å². The third kappa shape index (κ3) is 6.99. The van der Waals surface area contributed by atoms with Crippen molar-refractivity contribution in [1.29, 1.82) is 0 Å². The number of halogens is 1. The SMILES string of the molecule is CCNC(=NCc1ccc(S(C)(=O)=O)c(C)c1)NCc1cccc2c1OCCCO2.I. The van der Waals surface area contributed by atoms with E-state index in [-0.39, 0.29) is 24.0 Å². The van der Waals surface area contributed by atoms with Gasteiger partial charge in [0.25, 0.3) is 0 Å². The molecule has 0 bridgehead atoms. The van der Waals surface area contributed by atoms with Crippen LogP contribution in [0.15, 0.2) is 46.3 Å². The largest absolute Gasteiger partial charge is 0.490 e. The van der Waals surface area contributed by atoms with E-state index in [1.807, 2.05) is 31.2 Å². The van der Waals surface area contributed by atoms with Crippen LogP contribution in [0, 0.1) is 6.92 Å². The summed E-state index contributed by atoms with van der Waals surface area (Å²) in [4.78, 5) is 4.99. The fraction of sp³-hybridized carbons (Fsp3) is 0.409. The Hall–Kier alpha value is -2.01. The van der Waals surface area contributed by atoms with Crippen LogP contribution in [0.4, 0.5) is 0 Å². The fourth-order valence-electron chi connectivity index (χ4n) is 3.31. The van der Waals surface area contributed by atoms with Crippen LogP contribution in [0.5, 0.6) is 11.5 Å². The van der Waals surface area contributed by atoms with Gasteiger partial charge in [-0.25, -0.2) is 13.4 Å². The summed E-state index contributed by atoms with van der Waals surface area (Å²) in [6, 6.07) is 11.2. The van der Waals surface area contributed by atoms with Crippen LogP contribution in [0.3, 0.4) is 0 Å². The van der Waals surface area contributed by atoms with Gasteiger partial charge in [0.15, 0.2) is 27.3 Å². The predicted molar refractivity (Wildman–Crippen MR) is 133 cm³/mol. The quantitative estimate of drug-likeness (QED) is 0.321. The first-order valence-electron chi connectivity index (χ1n) is 10.1. The number of aryl methyl sites for hydroxylation is 1. The molecule has 2 aromatic carbocycles. The maximum atomic E-state index is 11.8. The van der Waals surface area contributed by atoms with Crippen LogP contribution >= 0.6 is 24.0 Å². The number of fused-ring (bicyclic) bond motifs is 1. The Bertz CT molecular complexity index is 1030. The summed E-state index contributed by atoms with van der Waals surface area (Å²) in [5, 5.41) is 6.57. The van der Waals surface area contributed by atoms with Gasteiger partial charge in [-0.05, 0) is 37.1 Å². The zero-order chi connectivity index (χ0) is 21.6. The number of ether oxygens (including phenoxy) is 2. The second-order valence-electron chi connectivity index (χ2n) is 7.22. The molecule has 0 saturated carbocycles. The molecule has 3 rings (SSSR count). The smallest absolute Gasteiger partial charge is 0.191 e. The van der Waals surface area contributed by atoms with Crippen LogP contribution in [-0.2, 0) is 22.9 Å². The highest BCUT2D eigenvalue weighted by atomic mass is 127. The summed E-state index contributed by atoms with van der Waals surface area (Å²) < 4.78 is 35.2. The van der Waals surface area contributed by atoms with E-state index in [1.54, 1.807) is 19.1 Å². The van der Waals surface area contributed by atoms with Gasteiger partial charge in [-0.3, -0.25) is 0 Å². The normalized spacial score (nSPS) is 13.7. The summed E-state index contributed by atoms with van der Waals surface area (Å²) in [6.07, 6.45) is 2.09. The van der Waals surface area contributed by atoms with E-state index < -0.39 is 9.84 Å². The molecule has 0 saturated heterocycles. The number of nitrogens with one attached hydrogen (secondary N) is 2. The highest BCUT2D eigenvalue weighted by Crippen LogP contribution is 2.33. The highest BCUT2D eigenvalue weighted by molar-refractivity contribution is 14.0. The molecular formula is C22H30IN3O4S. The minimum Gasteiger partial charge on any atom is -0.490 e. The second-order valence-corrected chi connectivity index (χ2v) is 9.20. The molecular weight excluding hydrogens is 529 g/mol. The van der Waals surface area contributed by atoms with Gasteiger partial charge in [0.05, 0.1) is 24.7 Å². The van der Waals surface area contributed by atoms with Crippen LogP contribution in [0.2, 0.25) is 0 Å². The number of nitrogens with zero attached hydrogens (tertiary/aromatic N) is 1.